The van der Waals surface area contributed by atoms with Gasteiger partial charge in [-0.05, 0) is 43.0 Å². The molecule has 0 aliphatic carbocycles. The minimum Gasteiger partial charge on any atom is -0.484 e. The van der Waals surface area contributed by atoms with Crippen LogP contribution in [0.1, 0.15) is 33.1 Å². The predicted octanol–water partition coefficient (Wildman–Crippen LogP) is 4.41. The van der Waals surface area contributed by atoms with Gasteiger partial charge in [0.15, 0.2) is 6.61 Å². The van der Waals surface area contributed by atoms with E-state index in [-0.39, 0.29) is 12.5 Å². The monoisotopic (exact) mass is 324 g/mol. The van der Waals surface area contributed by atoms with Crippen LogP contribution in [0.2, 0.25) is 0 Å². The first-order chi connectivity index (χ1) is 11.7. The maximum Gasteiger partial charge on any atom is 0.277 e. The van der Waals surface area contributed by atoms with Crippen molar-refractivity contribution in [2.24, 2.45) is 5.10 Å². The number of hydrazone groups is 1. The fraction of sp³-hybridized carbons (Fsp3) is 0.300. The third-order valence-corrected chi connectivity index (χ3v) is 3.59. The Labute approximate surface area is 143 Å². The summed E-state index contributed by atoms with van der Waals surface area (Å²) in [5.74, 6) is 0.412. The van der Waals surface area contributed by atoms with E-state index in [0.717, 1.165) is 36.1 Å². The Balaban J connectivity index is 1.81. The summed E-state index contributed by atoms with van der Waals surface area (Å²) in [5.41, 5.74) is 5.72. The molecule has 0 atom stereocenters. The molecule has 24 heavy (non-hydrogen) atoms. The molecule has 0 saturated carbocycles. The molecule has 1 N–H and O–H groups in total. The smallest absolute Gasteiger partial charge is 0.277 e. The molecule has 0 aliphatic heterocycles. The van der Waals surface area contributed by atoms with Crippen LogP contribution in [0, 0.1) is 0 Å². The zero-order valence-corrected chi connectivity index (χ0v) is 14.3. The molecule has 0 unspecified atom stereocenters. The van der Waals surface area contributed by atoms with E-state index in [1.165, 1.54) is 0 Å². The van der Waals surface area contributed by atoms with Gasteiger partial charge in [0.1, 0.15) is 5.75 Å². The van der Waals surface area contributed by atoms with E-state index in [1.54, 1.807) is 0 Å². The van der Waals surface area contributed by atoms with Crippen molar-refractivity contribution < 1.29 is 9.53 Å². The molecular formula is C20H24N2O2. The topological polar surface area (TPSA) is 50.7 Å². The van der Waals surface area contributed by atoms with E-state index in [0.29, 0.717) is 5.75 Å². The average molecular weight is 324 g/mol. The molecule has 2 aromatic rings. The first-order valence-electron chi connectivity index (χ1n) is 8.29. The third kappa shape index (κ3) is 5.88. The van der Waals surface area contributed by atoms with Gasteiger partial charge in [-0.2, -0.15) is 5.10 Å². The Kier molecular flexibility index (Phi) is 7.02. The van der Waals surface area contributed by atoms with Crippen molar-refractivity contribution in [2.75, 3.05) is 6.61 Å². The summed E-state index contributed by atoms with van der Waals surface area (Å²) in [6.07, 6.45) is 3.09. The molecule has 4 heteroatoms. The molecule has 0 bridgehead atoms. The van der Waals surface area contributed by atoms with E-state index < -0.39 is 0 Å². The van der Waals surface area contributed by atoms with Crippen LogP contribution in [0.25, 0.3) is 11.1 Å². The van der Waals surface area contributed by atoms with Crippen molar-refractivity contribution in [3.8, 4) is 16.9 Å². The maximum atomic E-state index is 11.7. The fourth-order valence-corrected chi connectivity index (χ4v) is 2.20. The number of amides is 1. The molecule has 126 valence electrons. The van der Waals surface area contributed by atoms with Crippen molar-refractivity contribution in [3.63, 3.8) is 0 Å². The molecule has 0 spiro atoms. The second-order valence-corrected chi connectivity index (χ2v) is 5.66. The van der Waals surface area contributed by atoms with Crippen molar-refractivity contribution >= 4 is 11.6 Å². The number of hydrogen-bond donors (Lipinski definition) is 1. The van der Waals surface area contributed by atoms with Crippen LogP contribution in [-0.2, 0) is 4.79 Å². The van der Waals surface area contributed by atoms with Crippen LogP contribution < -0.4 is 10.2 Å². The summed E-state index contributed by atoms with van der Waals surface area (Å²) in [6, 6.07) is 17.8. The summed E-state index contributed by atoms with van der Waals surface area (Å²) < 4.78 is 5.49. The molecule has 0 saturated heterocycles. The number of rotatable bonds is 8. The number of benzene rings is 2. The SMILES string of the molecule is CCCCC(C)=NNC(=O)COc1ccc(-c2ccccc2)cc1. The van der Waals surface area contributed by atoms with E-state index in [2.05, 4.69) is 29.6 Å². The summed E-state index contributed by atoms with van der Waals surface area (Å²) in [5, 5.41) is 4.06. The maximum absolute atomic E-state index is 11.7. The minimum absolute atomic E-state index is 0.0464. The van der Waals surface area contributed by atoms with Gasteiger partial charge in [-0.3, -0.25) is 4.79 Å². The molecule has 2 rings (SSSR count). The first-order valence-corrected chi connectivity index (χ1v) is 8.29. The van der Waals surface area contributed by atoms with Crippen LogP contribution in [0.15, 0.2) is 59.7 Å². The van der Waals surface area contributed by atoms with Crippen molar-refractivity contribution in [2.45, 2.75) is 33.1 Å². The van der Waals surface area contributed by atoms with Gasteiger partial charge in [0, 0.05) is 5.71 Å². The number of carbonyl (C=O) groups excluding carboxylic acids is 1. The summed E-state index contributed by atoms with van der Waals surface area (Å²) >= 11 is 0. The van der Waals surface area contributed by atoms with Gasteiger partial charge in [0.05, 0.1) is 0 Å². The highest BCUT2D eigenvalue weighted by molar-refractivity contribution is 5.84. The number of carbonyl (C=O) groups is 1. The van der Waals surface area contributed by atoms with E-state index >= 15 is 0 Å². The van der Waals surface area contributed by atoms with Crippen LogP contribution in [0.5, 0.6) is 5.75 Å². The summed E-state index contributed by atoms with van der Waals surface area (Å²) in [4.78, 5) is 11.7. The Morgan fingerprint density at radius 1 is 1.04 bits per heavy atom. The Bertz CT molecular complexity index is 664. The first kappa shape index (κ1) is 17.7. The van der Waals surface area contributed by atoms with E-state index in [9.17, 15) is 4.79 Å². The van der Waals surface area contributed by atoms with E-state index in [4.69, 9.17) is 4.74 Å². The van der Waals surface area contributed by atoms with Gasteiger partial charge in [-0.25, -0.2) is 5.43 Å². The number of nitrogens with zero attached hydrogens (tertiary/aromatic N) is 1. The Hall–Kier alpha value is -2.62. The molecular weight excluding hydrogens is 300 g/mol. The average Bonchev–Trinajstić information content (AvgIpc) is 2.64. The van der Waals surface area contributed by atoms with Gasteiger partial charge < -0.3 is 4.74 Å². The lowest BCUT2D eigenvalue weighted by atomic mass is 10.1. The van der Waals surface area contributed by atoms with Gasteiger partial charge in [0.25, 0.3) is 5.91 Å². The zero-order valence-electron chi connectivity index (χ0n) is 14.3. The molecule has 1 amide bonds. The van der Waals surface area contributed by atoms with E-state index in [1.807, 2.05) is 49.4 Å². The van der Waals surface area contributed by atoms with Crippen LogP contribution in [0.4, 0.5) is 0 Å². The van der Waals surface area contributed by atoms with Crippen LogP contribution in [-0.4, -0.2) is 18.2 Å². The van der Waals surface area contributed by atoms with Crippen molar-refractivity contribution in [1.82, 2.24) is 5.43 Å². The minimum atomic E-state index is -0.252. The molecule has 0 radical (unpaired) electrons. The number of nitrogens with one attached hydrogen (secondary N) is 1. The third-order valence-electron chi connectivity index (χ3n) is 3.59. The standard InChI is InChI=1S/C20H24N2O2/c1-3-4-8-16(2)21-22-20(23)15-24-19-13-11-18(12-14-19)17-9-6-5-7-10-17/h5-7,9-14H,3-4,8,15H2,1-2H3,(H,22,23). The fourth-order valence-electron chi connectivity index (χ4n) is 2.20. The second-order valence-electron chi connectivity index (χ2n) is 5.66. The highest BCUT2D eigenvalue weighted by Crippen LogP contribution is 2.21. The number of unbranched alkanes of at least 4 members (excludes halogenated alkanes) is 1. The van der Waals surface area contributed by atoms with Crippen molar-refractivity contribution in [3.05, 3.63) is 54.6 Å². The lowest BCUT2D eigenvalue weighted by molar-refractivity contribution is -0.123. The normalized spacial score (nSPS) is 11.2. The largest absolute Gasteiger partial charge is 0.484 e. The Morgan fingerprint density at radius 2 is 1.71 bits per heavy atom. The van der Waals surface area contributed by atoms with Crippen LogP contribution in [0.3, 0.4) is 0 Å². The van der Waals surface area contributed by atoms with Gasteiger partial charge >= 0.3 is 0 Å². The van der Waals surface area contributed by atoms with Gasteiger partial charge in [-0.1, -0.05) is 55.8 Å². The van der Waals surface area contributed by atoms with Crippen molar-refractivity contribution in [1.29, 1.82) is 0 Å². The molecule has 0 aromatic heterocycles. The van der Waals surface area contributed by atoms with Gasteiger partial charge in [-0.15, -0.1) is 0 Å². The quantitative estimate of drug-likeness (QED) is 0.577. The second kappa shape index (κ2) is 9.50. The lowest BCUT2D eigenvalue weighted by Gasteiger charge is -2.07. The highest BCUT2D eigenvalue weighted by atomic mass is 16.5. The zero-order chi connectivity index (χ0) is 17.2. The lowest BCUT2D eigenvalue weighted by Crippen LogP contribution is -2.25. The number of ether oxygens (including phenoxy) is 1. The highest BCUT2D eigenvalue weighted by Gasteiger charge is 2.03. The Morgan fingerprint density at radius 3 is 2.38 bits per heavy atom. The predicted molar refractivity (Wildman–Crippen MR) is 98.1 cm³/mol. The molecule has 0 aliphatic rings. The molecule has 4 nitrogen and oxygen atoms in total. The molecule has 2 aromatic carbocycles. The number of hydrogen-bond acceptors (Lipinski definition) is 3. The molecule has 0 heterocycles. The van der Waals surface area contributed by atoms with Crippen LogP contribution >= 0.6 is 0 Å². The van der Waals surface area contributed by atoms with Gasteiger partial charge in [0.2, 0.25) is 0 Å². The summed E-state index contributed by atoms with van der Waals surface area (Å²) in [6.45, 7) is 4.00. The molecule has 0 fully saturated rings. The summed E-state index contributed by atoms with van der Waals surface area (Å²) in [7, 11) is 0.